The fourth-order valence-corrected chi connectivity index (χ4v) is 7.21. The second-order valence-electron chi connectivity index (χ2n) is 10.0. The SMILES string of the molecule is CCc1ccc([C@H]2CC3C(CC[C@@H]3C(=O)COC)C3CCC4=CC(=O)CCC4=C32)cc1. The van der Waals surface area contributed by atoms with Crippen LogP contribution >= 0.6 is 0 Å². The Morgan fingerprint density at radius 1 is 1.03 bits per heavy atom. The maximum absolute atomic E-state index is 12.9. The van der Waals surface area contributed by atoms with Crippen molar-refractivity contribution in [1.29, 1.82) is 0 Å². The number of allylic oxidation sites excluding steroid dienone is 4. The zero-order valence-corrected chi connectivity index (χ0v) is 18.9. The second-order valence-corrected chi connectivity index (χ2v) is 10.0. The van der Waals surface area contributed by atoms with E-state index >= 15 is 0 Å². The molecule has 1 aromatic rings. The Labute approximate surface area is 185 Å². The second kappa shape index (κ2) is 8.50. The first kappa shape index (κ1) is 20.9. The lowest BCUT2D eigenvalue weighted by Gasteiger charge is -2.47. The van der Waals surface area contributed by atoms with Crippen molar-refractivity contribution in [3.63, 3.8) is 0 Å². The summed E-state index contributed by atoms with van der Waals surface area (Å²) in [5.41, 5.74) is 7.18. The van der Waals surface area contributed by atoms with Crippen LogP contribution in [0.2, 0.25) is 0 Å². The van der Waals surface area contributed by atoms with Crippen LogP contribution in [0.3, 0.4) is 0 Å². The average molecular weight is 419 g/mol. The molecule has 164 valence electrons. The molecule has 1 aromatic carbocycles. The number of aryl methyl sites for hydroxylation is 1. The molecule has 0 amide bonds. The van der Waals surface area contributed by atoms with Gasteiger partial charge in [-0.1, -0.05) is 36.8 Å². The predicted octanol–water partition coefficient (Wildman–Crippen LogP) is 5.59. The molecule has 0 spiro atoms. The zero-order valence-electron chi connectivity index (χ0n) is 18.9. The molecule has 5 rings (SSSR count). The van der Waals surface area contributed by atoms with E-state index < -0.39 is 0 Å². The van der Waals surface area contributed by atoms with Gasteiger partial charge in [0.1, 0.15) is 6.61 Å². The molecule has 0 radical (unpaired) electrons. The molecular weight excluding hydrogens is 384 g/mol. The zero-order chi connectivity index (χ0) is 21.5. The highest BCUT2D eigenvalue weighted by molar-refractivity contribution is 5.93. The Balaban J connectivity index is 1.58. The number of hydrogen-bond acceptors (Lipinski definition) is 3. The molecule has 3 heteroatoms. The molecule has 3 nitrogen and oxygen atoms in total. The molecule has 2 saturated carbocycles. The summed E-state index contributed by atoms with van der Waals surface area (Å²) in [6.07, 6.45) is 9.94. The first-order valence-corrected chi connectivity index (χ1v) is 12.2. The van der Waals surface area contributed by atoms with E-state index in [4.69, 9.17) is 4.74 Å². The van der Waals surface area contributed by atoms with Crippen molar-refractivity contribution in [2.45, 2.75) is 64.2 Å². The number of hydrogen-bond donors (Lipinski definition) is 0. The monoisotopic (exact) mass is 418 g/mol. The van der Waals surface area contributed by atoms with Crippen LogP contribution in [0.5, 0.6) is 0 Å². The van der Waals surface area contributed by atoms with Crippen molar-refractivity contribution in [1.82, 2.24) is 0 Å². The van der Waals surface area contributed by atoms with Crippen molar-refractivity contribution < 1.29 is 14.3 Å². The third-order valence-electron chi connectivity index (χ3n) is 8.59. The minimum Gasteiger partial charge on any atom is -0.377 e. The molecule has 4 aliphatic rings. The van der Waals surface area contributed by atoms with E-state index in [2.05, 4.69) is 31.2 Å². The summed E-state index contributed by atoms with van der Waals surface area (Å²) < 4.78 is 5.22. The van der Waals surface area contributed by atoms with Gasteiger partial charge in [-0.3, -0.25) is 9.59 Å². The van der Waals surface area contributed by atoms with E-state index in [1.54, 1.807) is 12.7 Å². The number of Topliss-reactive ketones (excluding diaryl/α,β-unsaturated/α-hetero) is 1. The van der Waals surface area contributed by atoms with Crippen LogP contribution in [0.15, 0.2) is 47.1 Å². The fraction of sp³-hybridized carbons (Fsp3) is 0.571. The minimum atomic E-state index is 0.152. The molecule has 3 unspecified atom stereocenters. The summed E-state index contributed by atoms with van der Waals surface area (Å²) in [4.78, 5) is 25.0. The number of rotatable bonds is 5. The number of methoxy groups -OCH3 is 1. The molecular formula is C28H34O3. The number of carbonyl (C=O) groups excluding carboxylic acids is 2. The lowest BCUT2D eigenvalue weighted by molar-refractivity contribution is -0.128. The molecule has 0 bridgehead atoms. The van der Waals surface area contributed by atoms with Crippen LogP contribution in [-0.2, 0) is 20.7 Å². The summed E-state index contributed by atoms with van der Waals surface area (Å²) in [6, 6.07) is 9.18. The van der Waals surface area contributed by atoms with Gasteiger partial charge in [-0.05, 0) is 91.0 Å². The van der Waals surface area contributed by atoms with Crippen LogP contribution in [0.1, 0.15) is 68.9 Å². The van der Waals surface area contributed by atoms with Gasteiger partial charge in [0.05, 0.1) is 0 Å². The summed E-state index contributed by atoms with van der Waals surface area (Å²) in [5.74, 6) is 2.75. The highest BCUT2D eigenvalue weighted by Crippen LogP contribution is 2.60. The van der Waals surface area contributed by atoms with Crippen LogP contribution < -0.4 is 0 Å². The Morgan fingerprint density at radius 2 is 1.84 bits per heavy atom. The van der Waals surface area contributed by atoms with Gasteiger partial charge >= 0.3 is 0 Å². The first-order chi connectivity index (χ1) is 15.1. The van der Waals surface area contributed by atoms with E-state index in [0.717, 1.165) is 44.9 Å². The summed E-state index contributed by atoms with van der Waals surface area (Å²) in [7, 11) is 1.63. The standard InChI is InChI=1S/C28H34O3/c1-3-17-4-6-18(7-5-17)25-15-26-22(12-13-23(26)27(30)16-31-2)24-10-8-19-14-20(29)9-11-21(19)28(24)25/h4-7,14,22-26H,3,8-13,15-16H2,1-2H3/t22?,23-,24?,25+,26?/m0/s1. The molecule has 5 atom stereocenters. The lowest BCUT2D eigenvalue weighted by Crippen LogP contribution is -2.38. The van der Waals surface area contributed by atoms with E-state index in [1.165, 1.54) is 22.3 Å². The quantitative estimate of drug-likeness (QED) is 0.626. The van der Waals surface area contributed by atoms with Crippen LogP contribution in [-0.4, -0.2) is 25.3 Å². The van der Waals surface area contributed by atoms with Gasteiger partial charge in [0.15, 0.2) is 11.6 Å². The molecule has 0 aromatic heterocycles. The summed E-state index contributed by atoms with van der Waals surface area (Å²) >= 11 is 0. The van der Waals surface area contributed by atoms with Crippen molar-refractivity contribution in [3.05, 3.63) is 58.2 Å². The normalized spacial score (nSPS) is 32.3. The van der Waals surface area contributed by atoms with Crippen LogP contribution in [0, 0.1) is 23.7 Å². The summed E-state index contributed by atoms with van der Waals surface area (Å²) in [6.45, 7) is 2.44. The third kappa shape index (κ3) is 3.65. The number of benzene rings is 1. The van der Waals surface area contributed by atoms with Gasteiger partial charge in [0.25, 0.3) is 0 Å². The molecule has 0 aliphatic heterocycles. The van der Waals surface area contributed by atoms with Gasteiger partial charge in [-0.15, -0.1) is 0 Å². The van der Waals surface area contributed by atoms with Crippen LogP contribution in [0.4, 0.5) is 0 Å². The molecule has 0 saturated heterocycles. The number of ether oxygens (including phenoxy) is 1. The van der Waals surface area contributed by atoms with Crippen molar-refractivity contribution >= 4 is 11.6 Å². The highest BCUT2D eigenvalue weighted by atomic mass is 16.5. The van der Waals surface area contributed by atoms with Gasteiger partial charge in [-0.2, -0.15) is 0 Å². The largest absolute Gasteiger partial charge is 0.377 e. The Hall–Kier alpha value is -2.00. The van der Waals surface area contributed by atoms with Crippen molar-refractivity contribution in [2.24, 2.45) is 23.7 Å². The minimum absolute atomic E-state index is 0.152. The van der Waals surface area contributed by atoms with Gasteiger partial charge in [0.2, 0.25) is 0 Å². The maximum atomic E-state index is 12.9. The molecule has 31 heavy (non-hydrogen) atoms. The maximum Gasteiger partial charge on any atom is 0.161 e. The molecule has 0 N–H and O–H groups in total. The van der Waals surface area contributed by atoms with Gasteiger partial charge in [0, 0.05) is 25.4 Å². The molecule has 4 aliphatic carbocycles. The van der Waals surface area contributed by atoms with Gasteiger partial charge < -0.3 is 4.74 Å². The van der Waals surface area contributed by atoms with E-state index in [1.807, 2.05) is 6.08 Å². The number of fused-ring (bicyclic) bond motifs is 4. The fourth-order valence-electron chi connectivity index (χ4n) is 7.21. The van der Waals surface area contributed by atoms with E-state index in [9.17, 15) is 9.59 Å². The summed E-state index contributed by atoms with van der Waals surface area (Å²) in [5, 5.41) is 0. The van der Waals surface area contributed by atoms with Crippen molar-refractivity contribution in [2.75, 3.05) is 13.7 Å². The topological polar surface area (TPSA) is 43.4 Å². The number of ketones is 2. The Kier molecular flexibility index (Phi) is 5.73. The number of carbonyl (C=O) groups is 2. The molecule has 0 heterocycles. The first-order valence-electron chi connectivity index (χ1n) is 12.2. The lowest BCUT2D eigenvalue weighted by atomic mass is 9.57. The smallest absolute Gasteiger partial charge is 0.161 e. The Morgan fingerprint density at radius 3 is 2.58 bits per heavy atom. The third-order valence-corrected chi connectivity index (χ3v) is 8.59. The highest BCUT2D eigenvalue weighted by Gasteiger charge is 2.51. The average Bonchev–Trinajstić information content (AvgIpc) is 3.22. The van der Waals surface area contributed by atoms with Gasteiger partial charge in [-0.25, -0.2) is 0 Å². The van der Waals surface area contributed by atoms with E-state index in [-0.39, 0.29) is 12.5 Å². The van der Waals surface area contributed by atoms with Crippen LogP contribution in [0.25, 0.3) is 0 Å². The Bertz CT molecular complexity index is 936. The van der Waals surface area contributed by atoms with E-state index in [0.29, 0.717) is 41.7 Å². The molecule has 2 fully saturated rings. The van der Waals surface area contributed by atoms with Crippen molar-refractivity contribution in [3.8, 4) is 0 Å². The predicted molar refractivity (Wildman–Crippen MR) is 122 cm³/mol.